The molecule has 0 saturated carbocycles. The van der Waals surface area contributed by atoms with Gasteiger partial charge < -0.3 is 5.32 Å². The van der Waals surface area contributed by atoms with Gasteiger partial charge >= 0.3 is 6.18 Å². The first-order valence-electron chi connectivity index (χ1n) is 6.56. The summed E-state index contributed by atoms with van der Waals surface area (Å²) >= 11 is 0. The van der Waals surface area contributed by atoms with Crippen LogP contribution in [0.15, 0.2) is 24.3 Å². The van der Waals surface area contributed by atoms with Gasteiger partial charge in [-0.3, -0.25) is 0 Å². The van der Waals surface area contributed by atoms with Crippen LogP contribution in [-0.2, 0) is 22.0 Å². The van der Waals surface area contributed by atoms with Gasteiger partial charge in [0.05, 0.1) is 11.3 Å². The Kier molecular flexibility index (Phi) is 4.60. The van der Waals surface area contributed by atoms with Crippen LogP contribution in [0.25, 0.3) is 0 Å². The number of nitrogens with one attached hydrogen (secondary N) is 1. The predicted molar refractivity (Wildman–Crippen MR) is 73.1 cm³/mol. The van der Waals surface area contributed by atoms with Gasteiger partial charge in [0.1, 0.15) is 0 Å². The number of sulfonamides is 1. The quantitative estimate of drug-likeness (QED) is 0.924. The summed E-state index contributed by atoms with van der Waals surface area (Å²) in [5.41, 5.74) is -1.10. The third kappa shape index (κ3) is 3.96. The van der Waals surface area contributed by atoms with Crippen molar-refractivity contribution in [3.63, 3.8) is 0 Å². The Bertz CT molecular complexity index is 602. The third-order valence-corrected chi connectivity index (χ3v) is 5.18. The molecular weight excluding hydrogens is 305 g/mol. The van der Waals surface area contributed by atoms with Gasteiger partial charge in [-0.2, -0.15) is 17.5 Å². The van der Waals surface area contributed by atoms with E-state index < -0.39 is 27.5 Å². The molecule has 2 rings (SSSR count). The predicted octanol–water partition coefficient (Wildman–Crippen LogP) is 1.83. The second-order valence-corrected chi connectivity index (χ2v) is 7.09. The second-order valence-electron chi connectivity index (χ2n) is 5.12. The van der Waals surface area contributed by atoms with Crippen molar-refractivity contribution in [2.24, 2.45) is 0 Å². The van der Waals surface area contributed by atoms with Crippen LogP contribution >= 0.6 is 0 Å². The highest BCUT2D eigenvalue weighted by atomic mass is 32.2. The number of piperazine rings is 1. The summed E-state index contributed by atoms with van der Waals surface area (Å²) in [6.45, 7) is 2.89. The number of alkyl halides is 3. The van der Waals surface area contributed by atoms with Crippen molar-refractivity contribution in [3.05, 3.63) is 35.4 Å². The zero-order valence-corrected chi connectivity index (χ0v) is 12.3. The standard InChI is InChI=1S/C13H17F3N2O2S/c1-10-8-18(7-6-17-10)21(19,20)9-11-4-2-3-5-12(11)13(14,15)16/h2-5,10,17H,6-9H2,1H3. The Hall–Kier alpha value is -1.12. The molecule has 0 aliphatic carbocycles. The van der Waals surface area contributed by atoms with E-state index in [1.54, 1.807) is 0 Å². The maximum atomic E-state index is 12.9. The molecule has 1 fully saturated rings. The Morgan fingerprint density at radius 2 is 2.00 bits per heavy atom. The molecule has 21 heavy (non-hydrogen) atoms. The molecule has 1 saturated heterocycles. The van der Waals surface area contributed by atoms with Crippen molar-refractivity contribution in [1.29, 1.82) is 0 Å². The summed E-state index contributed by atoms with van der Waals surface area (Å²) in [6, 6.07) is 4.79. The molecule has 118 valence electrons. The SMILES string of the molecule is CC1CN(S(=O)(=O)Cc2ccccc2C(F)(F)F)CCN1. The Morgan fingerprint density at radius 1 is 1.33 bits per heavy atom. The highest BCUT2D eigenvalue weighted by Crippen LogP contribution is 2.33. The van der Waals surface area contributed by atoms with E-state index in [1.807, 2.05) is 6.92 Å². The summed E-state index contributed by atoms with van der Waals surface area (Å²) in [5.74, 6) is -0.630. The Labute approximate surface area is 122 Å². The highest BCUT2D eigenvalue weighted by Gasteiger charge is 2.35. The summed E-state index contributed by atoms with van der Waals surface area (Å²) in [4.78, 5) is 0. The van der Waals surface area contributed by atoms with Crippen molar-refractivity contribution >= 4 is 10.0 Å². The van der Waals surface area contributed by atoms with Crippen LogP contribution in [0.1, 0.15) is 18.1 Å². The van der Waals surface area contributed by atoms with Crippen LogP contribution in [0.3, 0.4) is 0 Å². The average Bonchev–Trinajstić information content (AvgIpc) is 2.37. The molecule has 1 aromatic carbocycles. The lowest BCUT2D eigenvalue weighted by molar-refractivity contribution is -0.138. The monoisotopic (exact) mass is 322 g/mol. The molecule has 0 aromatic heterocycles. The number of rotatable bonds is 3. The van der Waals surface area contributed by atoms with Gasteiger partial charge in [0.15, 0.2) is 0 Å². The van der Waals surface area contributed by atoms with Crippen molar-refractivity contribution in [3.8, 4) is 0 Å². The van der Waals surface area contributed by atoms with E-state index in [1.165, 1.54) is 22.5 Å². The molecule has 0 amide bonds. The van der Waals surface area contributed by atoms with Crippen LogP contribution in [0, 0.1) is 0 Å². The van der Waals surface area contributed by atoms with Gasteiger partial charge in [-0.25, -0.2) is 8.42 Å². The largest absolute Gasteiger partial charge is 0.416 e. The first-order chi connectivity index (χ1) is 9.70. The lowest BCUT2D eigenvalue weighted by Crippen LogP contribution is -2.51. The molecular formula is C13H17F3N2O2S. The fourth-order valence-electron chi connectivity index (χ4n) is 2.36. The molecule has 1 unspecified atom stereocenters. The molecule has 1 heterocycles. The van der Waals surface area contributed by atoms with E-state index in [0.717, 1.165) is 6.07 Å². The smallest absolute Gasteiger partial charge is 0.312 e. The summed E-state index contributed by atoms with van der Waals surface area (Å²) < 4.78 is 64.6. The van der Waals surface area contributed by atoms with Gasteiger partial charge in [-0.15, -0.1) is 0 Å². The molecule has 1 aliphatic rings. The van der Waals surface area contributed by atoms with Crippen LogP contribution < -0.4 is 5.32 Å². The molecule has 0 bridgehead atoms. The van der Waals surface area contributed by atoms with Crippen molar-refractivity contribution in [2.75, 3.05) is 19.6 Å². The topological polar surface area (TPSA) is 49.4 Å². The minimum atomic E-state index is -4.55. The van der Waals surface area contributed by atoms with E-state index >= 15 is 0 Å². The van der Waals surface area contributed by atoms with E-state index in [4.69, 9.17) is 0 Å². The van der Waals surface area contributed by atoms with E-state index in [0.29, 0.717) is 6.54 Å². The number of hydrogen-bond acceptors (Lipinski definition) is 3. The minimum Gasteiger partial charge on any atom is -0.312 e. The molecule has 1 aromatic rings. The van der Waals surface area contributed by atoms with Gasteiger partial charge in [0.25, 0.3) is 0 Å². The lowest BCUT2D eigenvalue weighted by atomic mass is 10.1. The van der Waals surface area contributed by atoms with Gasteiger partial charge in [0, 0.05) is 25.7 Å². The lowest BCUT2D eigenvalue weighted by Gasteiger charge is -2.31. The summed E-state index contributed by atoms with van der Waals surface area (Å²) in [5, 5.41) is 3.10. The second kappa shape index (κ2) is 5.94. The first kappa shape index (κ1) is 16.3. The zero-order valence-electron chi connectivity index (χ0n) is 11.5. The van der Waals surface area contributed by atoms with E-state index in [2.05, 4.69) is 5.32 Å². The van der Waals surface area contributed by atoms with Gasteiger partial charge in [0.2, 0.25) is 10.0 Å². The fraction of sp³-hybridized carbons (Fsp3) is 0.538. The number of benzene rings is 1. The van der Waals surface area contributed by atoms with Crippen molar-refractivity contribution in [2.45, 2.75) is 24.9 Å². The number of halogens is 3. The molecule has 8 heteroatoms. The van der Waals surface area contributed by atoms with E-state index in [-0.39, 0.29) is 24.7 Å². The molecule has 1 N–H and O–H groups in total. The minimum absolute atomic E-state index is 0.00798. The maximum Gasteiger partial charge on any atom is 0.416 e. The van der Waals surface area contributed by atoms with Gasteiger partial charge in [-0.1, -0.05) is 18.2 Å². The summed E-state index contributed by atoms with van der Waals surface area (Å²) in [7, 11) is -3.76. The Morgan fingerprint density at radius 3 is 2.62 bits per heavy atom. The number of hydrogen-bond donors (Lipinski definition) is 1. The highest BCUT2D eigenvalue weighted by molar-refractivity contribution is 7.88. The summed E-state index contributed by atoms with van der Waals surface area (Å²) in [6.07, 6.45) is -4.55. The molecule has 0 spiro atoms. The van der Waals surface area contributed by atoms with Crippen molar-refractivity contribution < 1.29 is 21.6 Å². The van der Waals surface area contributed by atoms with Crippen LogP contribution in [0.2, 0.25) is 0 Å². The normalized spacial score (nSPS) is 21.4. The van der Waals surface area contributed by atoms with Crippen molar-refractivity contribution in [1.82, 2.24) is 9.62 Å². The van der Waals surface area contributed by atoms with Gasteiger partial charge in [-0.05, 0) is 18.6 Å². The third-order valence-electron chi connectivity index (χ3n) is 3.39. The van der Waals surface area contributed by atoms with Crippen LogP contribution in [0.5, 0.6) is 0 Å². The molecule has 0 radical (unpaired) electrons. The molecule has 1 aliphatic heterocycles. The zero-order chi connectivity index (χ0) is 15.7. The molecule has 4 nitrogen and oxygen atoms in total. The average molecular weight is 322 g/mol. The Balaban J connectivity index is 2.25. The molecule has 1 atom stereocenters. The maximum absolute atomic E-state index is 12.9. The first-order valence-corrected chi connectivity index (χ1v) is 8.17. The van der Waals surface area contributed by atoms with E-state index in [9.17, 15) is 21.6 Å². The fourth-order valence-corrected chi connectivity index (χ4v) is 4.01. The number of nitrogens with zero attached hydrogens (tertiary/aromatic N) is 1. The van der Waals surface area contributed by atoms with Crippen LogP contribution in [0.4, 0.5) is 13.2 Å². The van der Waals surface area contributed by atoms with Crippen LogP contribution in [-0.4, -0.2) is 38.4 Å².